The van der Waals surface area contributed by atoms with Crippen LogP contribution in [0.2, 0.25) is 0 Å². The maximum absolute atomic E-state index is 12.9. The number of anilines is 1. The minimum Gasteiger partial charge on any atom is -0.367 e. The highest BCUT2D eigenvalue weighted by atomic mass is 16.5. The maximum atomic E-state index is 12.9. The molecule has 0 radical (unpaired) electrons. The van der Waals surface area contributed by atoms with Gasteiger partial charge in [-0.2, -0.15) is 0 Å². The van der Waals surface area contributed by atoms with E-state index in [-0.39, 0.29) is 12.0 Å². The van der Waals surface area contributed by atoms with Crippen LogP contribution in [0, 0.1) is 6.92 Å². The number of hydrogen-bond acceptors (Lipinski definition) is 5. The summed E-state index contributed by atoms with van der Waals surface area (Å²) in [6.45, 7) is 5.60. The standard InChI is InChI=1S/C18H23N5O2/c1-13-11-20-17(21-13)15-12-23(8-9-25-15)18(24)14-4-5-19-16(10-14)22-6-2-3-7-22/h4-5,10-11,15H,2-3,6-9,12H2,1H3,(H,20,21). The molecule has 1 unspecified atom stereocenters. The van der Waals surface area contributed by atoms with Crippen LogP contribution in [-0.2, 0) is 4.74 Å². The minimum atomic E-state index is -0.203. The molecule has 132 valence electrons. The van der Waals surface area contributed by atoms with E-state index < -0.39 is 0 Å². The number of amides is 1. The van der Waals surface area contributed by atoms with Crippen LogP contribution in [0.1, 0.15) is 40.8 Å². The van der Waals surface area contributed by atoms with E-state index in [1.807, 2.05) is 17.9 Å². The summed E-state index contributed by atoms with van der Waals surface area (Å²) in [4.78, 5) is 29.0. The van der Waals surface area contributed by atoms with Gasteiger partial charge in [-0.15, -0.1) is 0 Å². The molecule has 1 atom stereocenters. The minimum absolute atomic E-state index is 0.0272. The zero-order chi connectivity index (χ0) is 17.2. The van der Waals surface area contributed by atoms with E-state index in [1.165, 1.54) is 12.8 Å². The first-order chi connectivity index (χ1) is 12.2. The van der Waals surface area contributed by atoms with Gasteiger partial charge in [0.05, 0.1) is 13.2 Å². The molecule has 7 heteroatoms. The number of nitrogens with one attached hydrogen (secondary N) is 1. The molecule has 2 aromatic rings. The van der Waals surface area contributed by atoms with Gasteiger partial charge < -0.3 is 19.5 Å². The molecule has 0 aromatic carbocycles. The number of hydrogen-bond donors (Lipinski definition) is 1. The van der Waals surface area contributed by atoms with Gasteiger partial charge >= 0.3 is 0 Å². The Morgan fingerprint density at radius 3 is 2.88 bits per heavy atom. The molecular weight excluding hydrogens is 318 g/mol. The average molecular weight is 341 g/mol. The lowest BCUT2D eigenvalue weighted by molar-refractivity contribution is -0.0264. The summed E-state index contributed by atoms with van der Waals surface area (Å²) in [6, 6.07) is 3.71. The monoisotopic (exact) mass is 341 g/mol. The predicted octanol–water partition coefficient (Wildman–Crippen LogP) is 1.93. The van der Waals surface area contributed by atoms with Crippen molar-refractivity contribution >= 4 is 11.7 Å². The molecule has 4 rings (SSSR count). The van der Waals surface area contributed by atoms with Gasteiger partial charge in [-0.3, -0.25) is 4.79 Å². The smallest absolute Gasteiger partial charge is 0.254 e. The molecule has 25 heavy (non-hydrogen) atoms. The number of H-pyrrole nitrogens is 1. The van der Waals surface area contributed by atoms with Crippen molar-refractivity contribution in [2.45, 2.75) is 25.9 Å². The lowest BCUT2D eigenvalue weighted by Crippen LogP contribution is -2.42. The number of aryl methyl sites for hydroxylation is 1. The first kappa shape index (κ1) is 16.1. The van der Waals surface area contributed by atoms with Crippen molar-refractivity contribution in [2.24, 2.45) is 0 Å². The normalized spacial score (nSPS) is 20.9. The summed E-state index contributed by atoms with van der Waals surface area (Å²) < 4.78 is 5.79. The Balaban J connectivity index is 1.49. The van der Waals surface area contributed by atoms with E-state index >= 15 is 0 Å². The van der Waals surface area contributed by atoms with E-state index in [0.29, 0.717) is 25.3 Å². The summed E-state index contributed by atoms with van der Waals surface area (Å²) in [7, 11) is 0. The summed E-state index contributed by atoms with van der Waals surface area (Å²) >= 11 is 0. The quantitative estimate of drug-likeness (QED) is 0.923. The Morgan fingerprint density at radius 2 is 2.12 bits per heavy atom. The fourth-order valence-corrected chi connectivity index (χ4v) is 3.45. The molecule has 1 amide bonds. The van der Waals surface area contributed by atoms with Crippen molar-refractivity contribution in [3.63, 3.8) is 0 Å². The van der Waals surface area contributed by atoms with Crippen LogP contribution in [-0.4, -0.2) is 58.5 Å². The number of aromatic amines is 1. The van der Waals surface area contributed by atoms with Gasteiger partial charge in [0.2, 0.25) is 0 Å². The third kappa shape index (κ3) is 3.37. The van der Waals surface area contributed by atoms with Crippen LogP contribution in [0.15, 0.2) is 24.5 Å². The molecule has 4 heterocycles. The molecule has 2 aliphatic rings. The molecule has 2 saturated heterocycles. The second kappa shape index (κ2) is 6.84. The number of carbonyl (C=O) groups is 1. The third-order valence-corrected chi connectivity index (χ3v) is 4.80. The second-order valence-electron chi connectivity index (χ2n) is 6.66. The maximum Gasteiger partial charge on any atom is 0.254 e. The Bertz CT molecular complexity index is 753. The van der Waals surface area contributed by atoms with E-state index in [1.54, 1.807) is 18.5 Å². The van der Waals surface area contributed by atoms with Crippen LogP contribution in [0.4, 0.5) is 5.82 Å². The lowest BCUT2D eigenvalue weighted by Gasteiger charge is -2.32. The van der Waals surface area contributed by atoms with Gasteiger partial charge in [0.1, 0.15) is 17.7 Å². The van der Waals surface area contributed by atoms with Crippen molar-refractivity contribution in [3.05, 3.63) is 41.6 Å². The average Bonchev–Trinajstić information content (AvgIpc) is 3.33. The zero-order valence-electron chi connectivity index (χ0n) is 14.4. The van der Waals surface area contributed by atoms with Crippen LogP contribution >= 0.6 is 0 Å². The molecule has 7 nitrogen and oxygen atoms in total. The van der Waals surface area contributed by atoms with E-state index in [2.05, 4.69) is 19.9 Å². The number of aromatic nitrogens is 3. The molecular formula is C18H23N5O2. The summed E-state index contributed by atoms with van der Waals surface area (Å²) in [6.07, 6.45) is 5.69. The van der Waals surface area contributed by atoms with Gasteiger partial charge in [0.25, 0.3) is 5.91 Å². The van der Waals surface area contributed by atoms with Crippen molar-refractivity contribution in [3.8, 4) is 0 Å². The second-order valence-corrected chi connectivity index (χ2v) is 6.66. The molecule has 0 bridgehead atoms. The Labute approximate surface area is 147 Å². The summed E-state index contributed by atoms with van der Waals surface area (Å²) in [5, 5.41) is 0. The van der Waals surface area contributed by atoms with E-state index in [0.717, 1.165) is 30.4 Å². The molecule has 0 spiro atoms. The largest absolute Gasteiger partial charge is 0.367 e. The van der Waals surface area contributed by atoms with Crippen LogP contribution in [0.5, 0.6) is 0 Å². The number of nitrogens with zero attached hydrogens (tertiary/aromatic N) is 4. The third-order valence-electron chi connectivity index (χ3n) is 4.80. The molecule has 0 aliphatic carbocycles. The zero-order valence-corrected chi connectivity index (χ0v) is 14.4. The number of ether oxygens (including phenoxy) is 1. The number of pyridine rings is 1. The van der Waals surface area contributed by atoms with Gasteiger partial charge in [-0.25, -0.2) is 9.97 Å². The first-order valence-electron chi connectivity index (χ1n) is 8.84. The van der Waals surface area contributed by atoms with Crippen LogP contribution in [0.3, 0.4) is 0 Å². The molecule has 2 aliphatic heterocycles. The topological polar surface area (TPSA) is 74.3 Å². The van der Waals surface area contributed by atoms with Crippen molar-refractivity contribution < 1.29 is 9.53 Å². The lowest BCUT2D eigenvalue weighted by atomic mass is 10.2. The molecule has 0 saturated carbocycles. The Kier molecular flexibility index (Phi) is 4.40. The van der Waals surface area contributed by atoms with Crippen molar-refractivity contribution in [1.29, 1.82) is 0 Å². The first-order valence-corrected chi connectivity index (χ1v) is 8.84. The fourth-order valence-electron chi connectivity index (χ4n) is 3.45. The number of carbonyl (C=O) groups excluding carboxylic acids is 1. The number of rotatable bonds is 3. The fraction of sp³-hybridized carbons (Fsp3) is 0.500. The highest BCUT2D eigenvalue weighted by Gasteiger charge is 2.28. The van der Waals surface area contributed by atoms with Crippen molar-refractivity contribution in [2.75, 3.05) is 37.7 Å². The highest BCUT2D eigenvalue weighted by molar-refractivity contribution is 5.95. The molecule has 1 N–H and O–H groups in total. The van der Waals surface area contributed by atoms with E-state index in [4.69, 9.17) is 4.74 Å². The Hall–Kier alpha value is -2.41. The van der Waals surface area contributed by atoms with Crippen LogP contribution in [0.25, 0.3) is 0 Å². The van der Waals surface area contributed by atoms with E-state index in [9.17, 15) is 4.79 Å². The Morgan fingerprint density at radius 1 is 1.28 bits per heavy atom. The highest BCUT2D eigenvalue weighted by Crippen LogP contribution is 2.23. The van der Waals surface area contributed by atoms with Crippen LogP contribution < -0.4 is 4.90 Å². The van der Waals surface area contributed by atoms with Crippen molar-refractivity contribution in [1.82, 2.24) is 19.9 Å². The number of morpholine rings is 1. The summed E-state index contributed by atoms with van der Waals surface area (Å²) in [5.41, 5.74) is 1.68. The van der Waals surface area contributed by atoms with Gasteiger partial charge in [0, 0.05) is 43.3 Å². The van der Waals surface area contributed by atoms with Gasteiger partial charge in [-0.05, 0) is 31.9 Å². The predicted molar refractivity (Wildman–Crippen MR) is 93.6 cm³/mol. The molecule has 2 fully saturated rings. The van der Waals surface area contributed by atoms with Gasteiger partial charge in [0.15, 0.2) is 0 Å². The number of imidazole rings is 1. The molecule has 2 aromatic heterocycles. The van der Waals surface area contributed by atoms with Gasteiger partial charge in [-0.1, -0.05) is 0 Å². The SMILES string of the molecule is Cc1cnc(C2CN(C(=O)c3ccnc(N4CCCC4)c3)CCO2)[nH]1. The summed E-state index contributed by atoms with van der Waals surface area (Å²) in [5.74, 6) is 1.71.